The number of unbranched alkanes of at least 4 members (excludes halogenated alkanes) is 1. The maximum Gasteiger partial charge on any atom is 0.255 e. The fourth-order valence-electron chi connectivity index (χ4n) is 3.49. The van der Waals surface area contributed by atoms with Crippen molar-refractivity contribution in [3.05, 3.63) is 78.1 Å². The SMILES string of the molecule is CCCCOc1ccc(C(=O)Nc2ccc3nc(SCc4nc5ccccc5[nH]4)sc3c2)cc1. The molecular formula is C26H24N4O2S2. The zero-order chi connectivity index (χ0) is 23.3. The molecule has 2 aromatic heterocycles. The normalized spacial score (nSPS) is 11.2. The van der Waals surface area contributed by atoms with Gasteiger partial charge in [-0.1, -0.05) is 37.2 Å². The van der Waals surface area contributed by atoms with E-state index in [0.717, 1.165) is 61.4 Å². The molecule has 0 fully saturated rings. The number of fused-ring (bicyclic) bond motifs is 2. The summed E-state index contributed by atoms with van der Waals surface area (Å²) in [5.41, 5.74) is 4.28. The summed E-state index contributed by atoms with van der Waals surface area (Å²) in [5.74, 6) is 2.28. The number of aromatic amines is 1. The molecule has 34 heavy (non-hydrogen) atoms. The van der Waals surface area contributed by atoms with Gasteiger partial charge in [0.2, 0.25) is 0 Å². The van der Waals surface area contributed by atoms with E-state index in [2.05, 4.69) is 22.2 Å². The molecule has 172 valence electrons. The van der Waals surface area contributed by atoms with Gasteiger partial charge in [-0.25, -0.2) is 9.97 Å². The van der Waals surface area contributed by atoms with Crippen molar-refractivity contribution in [1.29, 1.82) is 0 Å². The number of rotatable bonds is 9. The Morgan fingerprint density at radius 2 is 1.91 bits per heavy atom. The summed E-state index contributed by atoms with van der Waals surface area (Å²) < 4.78 is 7.67. The Balaban J connectivity index is 1.22. The Labute approximate surface area is 205 Å². The minimum atomic E-state index is -0.150. The van der Waals surface area contributed by atoms with Crippen LogP contribution in [0.3, 0.4) is 0 Å². The Morgan fingerprint density at radius 3 is 2.74 bits per heavy atom. The van der Waals surface area contributed by atoms with Crippen molar-refractivity contribution in [2.45, 2.75) is 29.9 Å². The number of hydrogen-bond donors (Lipinski definition) is 2. The number of hydrogen-bond acceptors (Lipinski definition) is 6. The summed E-state index contributed by atoms with van der Waals surface area (Å²) in [6.07, 6.45) is 2.11. The zero-order valence-electron chi connectivity index (χ0n) is 18.7. The molecule has 5 rings (SSSR count). The second kappa shape index (κ2) is 10.3. The van der Waals surface area contributed by atoms with Gasteiger partial charge in [-0.2, -0.15) is 0 Å². The molecule has 0 aliphatic carbocycles. The molecule has 6 nitrogen and oxygen atoms in total. The van der Waals surface area contributed by atoms with Crippen molar-refractivity contribution in [3.63, 3.8) is 0 Å². The van der Waals surface area contributed by atoms with Gasteiger partial charge in [-0.05, 0) is 61.0 Å². The lowest BCUT2D eigenvalue weighted by Gasteiger charge is -2.07. The van der Waals surface area contributed by atoms with Crippen LogP contribution >= 0.6 is 23.1 Å². The Hall–Kier alpha value is -3.36. The quantitative estimate of drug-likeness (QED) is 0.174. The van der Waals surface area contributed by atoms with Gasteiger partial charge in [-0.15, -0.1) is 11.3 Å². The van der Waals surface area contributed by atoms with Crippen molar-refractivity contribution in [2.75, 3.05) is 11.9 Å². The van der Waals surface area contributed by atoms with Crippen LogP contribution in [0.5, 0.6) is 5.75 Å². The van der Waals surface area contributed by atoms with Crippen LogP contribution in [0.25, 0.3) is 21.3 Å². The highest BCUT2D eigenvalue weighted by Gasteiger charge is 2.11. The summed E-state index contributed by atoms with van der Waals surface area (Å²) in [5, 5.41) is 2.98. The van der Waals surface area contributed by atoms with E-state index < -0.39 is 0 Å². The number of thiazole rings is 1. The number of thioether (sulfide) groups is 1. The number of imidazole rings is 1. The summed E-state index contributed by atoms with van der Waals surface area (Å²) in [6, 6.07) is 21.1. The van der Waals surface area contributed by atoms with E-state index in [1.807, 2.05) is 54.6 Å². The molecule has 0 aliphatic rings. The van der Waals surface area contributed by atoms with Crippen molar-refractivity contribution in [3.8, 4) is 5.75 Å². The zero-order valence-corrected chi connectivity index (χ0v) is 20.3. The molecule has 3 aromatic carbocycles. The molecule has 0 spiro atoms. The van der Waals surface area contributed by atoms with Crippen LogP contribution in [0, 0.1) is 0 Å². The average Bonchev–Trinajstić information content (AvgIpc) is 3.46. The first kappa shape index (κ1) is 22.4. The lowest BCUT2D eigenvalue weighted by molar-refractivity contribution is 0.102. The molecule has 5 aromatic rings. The number of benzene rings is 3. The smallest absolute Gasteiger partial charge is 0.255 e. The first-order valence-corrected chi connectivity index (χ1v) is 13.0. The van der Waals surface area contributed by atoms with Crippen LogP contribution in [-0.4, -0.2) is 27.5 Å². The molecule has 2 heterocycles. The number of nitrogens with zero attached hydrogens (tertiary/aromatic N) is 2. The molecule has 0 atom stereocenters. The number of ether oxygens (including phenoxy) is 1. The first-order valence-electron chi connectivity index (χ1n) is 11.2. The molecule has 0 saturated heterocycles. The number of H-pyrrole nitrogens is 1. The van der Waals surface area contributed by atoms with Gasteiger partial charge in [0.1, 0.15) is 11.6 Å². The van der Waals surface area contributed by atoms with Gasteiger partial charge in [0, 0.05) is 11.3 Å². The molecule has 0 saturated carbocycles. The standard InChI is InChI=1S/C26H24N4O2S2/c1-2-3-14-32-19-11-8-17(9-12-19)25(31)27-18-10-13-22-23(15-18)34-26(30-22)33-16-24-28-20-6-4-5-7-21(20)29-24/h4-13,15H,2-3,14,16H2,1H3,(H,27,31)(H,28,29). The van der Waals surface area contributed by atoms with Gasteiger partial charge in [-0.3, -0.25) is 4.79 Å². The van der Waals surface area contributed by atoms with Crippen molar-refractivity contribution < 1.29 is 9.53 Å². The van der Waals surface area contributed by atoms with Crippen LogP contribution in [-0.2, 0) is 5.75 Å². The predicted molar refractivity (Wildman–Crippen MR) is 140 cm³/mol. The first-order chi connectivity index (χ1) is 16.7. The fourth-order valence-corrected chi connectivity index (χ4v) is 5.47. The monoisotopic (exact) mass is 488 g/mol. The number of amides is 1. The number of anilines is 1. The third-order valence-corrected chi connectivity index (χ3v) is 7.45. The van der Waals surface area contributed by atoms with Gasteiger partial charge in [0.05, 0.1) is 33.6 Å². The maximum atomic E-state index is 12.7. The summed E-state index contributed by atoms with van der Waals surface area (Å²) in [4.78, 5) is 25.4. The molecule has 0 unspecified atom stereocenters. The molecule has 8 heteroatoms. The Kier molecular flexibility index (Phi) is 6.78. The number of para-hydroxylation sites is 2. The predicted octanol–water partition coefficient (Wildman–Crippen LogP) is 6.90. The molecule has 0 aliphatic heterocycles. The lowest BCUT2D eigenvalue weighted by Crippen LogP contribution is -2.11. The number of carbonyl (C=O) groups is 1. The van der Waals surface area contributed by atoms with Crippen molar-refractivity contribution in [2.24, 2.45) is 0 Å². The second-order valence-corrected chi connectivity index (χ2v) is 10.1. The second-order valence-electron chi connectivity index (χ2n) is 7.83. The van der Waals surface area contributed by atoms with E-state index in [-0.39, 0.29) is 5.91 Å². The number of aromatic nitrogens is 3. The van der Waals surface area contributed by atoms with Gasteiger partial charge < -0.3 is 15.0 Å². The minimum absolute atomic E-state index is 0.150. The third kappa shape index (κ3) is 5.24. The van der Waals surface area contributed by atoms with Gasteiger partial charge >= 0.3 is 0 Å². The van der Waals surface area contributed by atoms with E-state index in [1.165, 1.54) is 0 Å². The molecular weight excluding hydrogens is 464 g/mol. The number of nitrogens with one attached hydrogen (secondary N) is 2. The lowest BCUT2D eigenvalue weighted by atomic mass is 10.2. The Morgan fingerprint density at radius 1 is 1.06 bits per heavy atom. The van der Waals surface area contributed by atoms with Crippen molar-refractivity contribution in [1.82, 2.24) is 15.0 Å². The third-order valence-electron chi connectivity index (χ3n) is 5.28. The van der Waals surface area contributed by atoms with E-state index >= 15 is 0 Å². The van der Waals surface area contributed by atoms with E-state index in [4.69, 9.17) is 9.72 Å². The van der Waals surface area contributed by atoms with Crippen molar-refractivity contribution >= 4 is 55.9 Å². The topological polar surface area (TPSA) is 79.9 Å². The van der Waals surface area contributed by atoms with E-state index in [0.29, 0.717) is 12.2 Å². The van der Waals surface area contributed by atoms with Crippen LogP contribution in [0.2, 0.25) is 0 Å². The summed E-state index contributed by atoms with van der Waals surface area (Å²) >= 11 is 3.27. The van der Waals surface area contributed by atoms with Crippen LogP contribution in [0.15, 0.2) is 71.1 Å². The Bertz CT molecular complexity index is 1390. The highest BCUT2D eigenvalue weighted by molar-refractivity contribution is 8.00. The van der Waals surface area contributed by atoms with Crippen LogP contribution < -0.4 is 10.1 Å². The summed E-state index contributed by atoms with van der Waals surface area (Å²) in [6.45, 7) is 2.82. The molecule has 0 bridgehead atoms. The largest absolute Gasteiger partial charge is 0.494 e. The van der Waals surface area contributed by atoms with Gasteiger partial charge in [0.15, 0.2) is 4.34 Å². The van der Waals surface area contributed by atoms with Crippen LogP contribution in [0.1, 0.15) is 35.9 Å². The average molecular weight is 489 g/mol. The molecule has 1 amide bonds. The van der Waals surface area contributed by atoms with E-state index in [9.17, 15) is 4.79 Å². The van der Waals surface area contributed by atoms with E-state index in [1.54, 1.807) is 35.2 Å². The van der Waals surface area contributed by atoms with Crippen LogP contribution in [0.4, 0.5) is 5.69 Å². The molecule has 2 N–H and O–H groups in total. The highest BCUT2D eigenvalue weighted by Crippen LogP contribution is 2.33. The fraction of sp³-hybridized carbons (Fsp3) is 0.192. The molecule has 0 radical (unpaired) electrons. The maximum absolute atomic E-state index is 12.7. The van der Waals surface area contributed by atoms with Gasteiger partial charge in [0.25, 0.3) is 5.91 Å². The number of carbonyl (C=O) groups excluding carboxylic acids is 1. The highest BCUT2D eigenvalue weighted by atomic mass is 32.2. The summed E-state index contributed by atoms with van der Waals surface area (Å²) in [7, 11) is 0. The minimum Gasteiger partial charge on any atom is -0.494 e.